The van der Waals surface area contributed by atoms with E-state index in [-0.39, 0.29) is 17.2 Å². The molecule has 1 aliphatic rings. The minimum atomic E-state index is -0.621. The first kappa shape index (κ1) is 24.6. The van der Waals surface area contributed by atoms with Crippen LogP contribution < -0.4 is 16.2 Å². The third-order valence-electron chi connectivity index (χ3n) is 6.41. The van der Waals surface area contributed by atoms with Crippen LogP contribution in [0, 0.1) is 24.1 Å². The van der Waals surface area contributed by atoms with Crippen molar-refractivity contribution in [2.75, 3.05) is 31.7 Å². The summed E-state index contributed by atoms with van der Waals surface area (Å²) in [6, 6.07) is 14.3. The van der Waals surface area contributed by atoms with E-state index in [4.69, 9.17) is 15.5 Å². The first-order valence-corrected chi connectivity index (χ1v) is 11.8. The van der Waals surface area contributed by atoms with E-state index >= 15 is 0 Å². The average Bonchev–Trinajstić information content (AvgIpc) is 2.86. The number of anilines is 1. The van der Waals surface area contributed by atoms with Gasteiger partial charge in [0.2, 0.25) is 0 Å². The number of nitrogens with zero attached hydrogens (tertiary/aromatic N) is 4. The van der Waals surface area contributed by atoms with Crippen LogP contribution in [0.5, 0.6) is 0 Å². The van der Waals surface area contributed by atoms with Gasteiger partial charge < -0.3 is 19.9 Å². The normalized spacial score (nSPS) is 14.2. The van der Waals surface area contributed by atoms with Gasteiger partial charge in [0, 0.05) is 50.5 Å². The molecule has 2 heterocycles. The highest BCUT2D eigenvalue weighted by atomic mass is 19.1. The van der Waals surface area contributed by atoms with Gasteiger partial charge in [-0.3, -0.25) is 4.79 Å². The van der Waals surface area contributed by atoms with Gasteiger partial charge in [-0.05, 0) is 38.3 Å². The highest BCUT2D eigenvalue weighted by Crippen LogP contribution is 2.33. The molecule has 1 fully saturated rings. The Bertz CT molecular complexity index is 1290. The van der Waals surface area contributed by atoms with Crippen molar-refractivity contribution in [1.82, 2.24) is 9.55 Å². The van der Waals surface area contributed by atoms with Crippen molar-refractivity contribution in [2.45, 2.75) is 38.8 Å². The number of rotatable bonds is 7. The molecule has 2 aromatic carbocycles. The van der Waals surface area contributed by atoms with Gasteiger partial charge in [-0.2, -0.15) is 5.26 Å². The highest BCUT2D eigenvalue weighted by Gasteiger charge is 2.25. The molecule has 8 heteroatoms. The lowest BCUT2D eigenvalue weighted by atomic mass is 10.0. The van der Waals surface area contributed by atoms with Crippen molar-refractivity contribution in [2.24, 2.45) is 5.73 Å². The number of aromatic nitrogens is 2. The van der Waals surface area contributed by atoms with E-state index in [2.05, 4.69) is 0 Å². The van der Waals surface area contributed by atoms with Crippen LogP contribution in [-0.4, -0.2) is 42.4 Å². The largest absolute Gasteiger partial charge is 0.385 e. The Balaban J connectivity index is 1.98. The van der Waals surface area contributed by atoms with Crippen LogP contribution in [0.15, 0.2) is 47.3 Å². The molecule has 1 aliphatic heterocycles. The highest BCUT2D eigenvalue weighted by molar-refractivity contribution is 5.80. The molecule has 0 aliphatic carbocycles. The summed E-state index contributed by atoms with van der Waals surface area (Å²) in [4.78, 5) is 20.6. The summed E-state index contributed by atoms with van der Waals surface area (Å²) >= 11 is 0. The van der Waals surface area contributed by atoms with E-state index < -0.39 is 5.82 Å². The van der Waals surface area contributed by atoms with Crippen molar-refractivity contribution >= 4 is 5.82 Å². The van der Waals surface area contributed by atoms with E-state index in [0.29, 0.717) is 55.4 Å². The fraction of sp³-hybridized carbons (Fsp3) is 0.370. The van der Waals surface area contributed by atoms with Crippen LogP contribution in [0.2, 0.25) is 0 Å². The Morgan fingerprint density at radius 1 is 1.17 bits per heavy atom. The second kappa shape index (κ2) is 10.8. The molecule has 0 radical (unpaired) electrons. The average molecular weight is 476 g/mol. The van der Waals surface area contributed by atoms with Crippen LogP contribution in [-0.2, 0) is 11.3 Å². The Morgan fingerprint density at radius 3 is 2.49 bits per heavy atom. The zero-order valence-electron chi connectivity index (χ0n) is 20.1. The Labute approximate surface area is 204 Å². The standard InChI is InChI=1S/C27H30FN5O2/c1-18-4-6-19(7-5-18)25-24(20-8-9-21(17-29)23(28)16-20)31-26(32-13-10-22(30)11-14-32)27(34)33(25)12-3-15-35-2/h4-9,16,22H,3,10-15,30H2,1-2H3. The molecule has 0 unspecified atom stereocenters. The number of methoxy groups -OCH3 is 1. The minimum Gasteiger partial charge on any atom is -0.385 e. The molecule has 2 N–H and O–H groups in total. The second-order valence-electron chi connectivity index (χ2n) is 8.93. The van der Waals surface area contributed by atoms with Gasteiger partial charge in [-0.25, -0.2) is 9.37 Å². The summed E-state index contributed by atoms with van der Waals surface area (Å²) in [5.41, 5.74) is 9.38. The van der Waals surface area contributed by atoms with Gasteiger partial charge >= 0.3 is 0 Å². The molecular weight excluding hydrogens is 445 g/mol. The third kappa shape index (κ3) is 5.26. The summed E-state index contributed by atoms with van der Waals surface area (Å²) in [6.07, 6.45) is 2.17. The lowest BCUT2D eigenvalue weighted by Crippen LogP contribution is -2.43. The Hall–Kier alpha value is -3.54. The van der Waals surface area contributed by atoms with Gasteiger partial charge in [-0.1, -0.05) is 35.9 Å². The van der Waals surface area contributed by atoms with Gasteiger partial charge in [0.05, 0.1) is 17.0 Å². The number of hydrogen-bond acceptors (Lipinski definition) is 6. The smallest absolute Gasteiger partial charge is 0.294 e. The molecule has 4 rings (SSSR count). The van der Waals surface area contributed by atoms with Crippen molar-refractivity contribution in [3.8, 4) is 28.6 Å². The number of hydrogen-bond donors (Lipinski definition) is 1. The summed E-state index contributed by atoms with van der Waals surface area (Å²) in [5, 5.41) is 9.20. The monoisotopic (exact) mass is 475 g/mol. The van der Waals surface area contributed by atoms with E-state index in [0.717, 1.165) is 24.0 Å². The van der Waals surface area contributed by atoms with E-state index in [9.17, 15) is 14.4 Å². The van der Waals surface area contributed by atoms with Gasteiger partial charge in [0.15, 0.2) is 5.82 Å². The maximum Gasteiger partial charge on any atom is 0.294 e. The van der Waals surface area contributed by atoms with Crippen molar-refractivity contribution in [3.05, 3.63) is 69.8 Å². The molecule has 0 atom stereocenters. The number of ether oxygens (including phenoxy) is 1. The predicted octanol–water partition coefficient (Wildman–Crippen LogP) is 3.86. The molecule has 35 heavy (non-hydrogen) atoms. The quantitative estimate of drug-likeness (QED) is 0.521. The Morgan fingerprint density at radius 2 is 1.86 bits per heavy atom. The van der Waals surface area contributed by atoms with E-state index in [1.165, 1.54) is 12.1 Å². The first-order chi connectivity index (χ1) is 16.9. The molecule has 0 bridgehead atoms. The van der Waals surface area contributed by atoms with E-state index in [1.807, 2.05) is 42.2 Å². The fourth-order valence-corrected chi connectivity index (χ4v) is 4.41. The number of aryl methyl sites for hydroxylation is 1. The topological polar surface area (TPSA) is 97.2 Å². The van der Waals surface area contributed by atoms with Crippen LogP contribution in [0.3, 0.4) is 0 Å². The lowest BCUT2D eigenvalue weighted by molar-refractivity contribution is 0.190. The van der Waals surface area contributed by atoms with Crippen molar-refractivity contribution < 1.29 is 9.13 Å². The van der Waals surface area contributed by atoms with Gasteiger partial charge in [-0.15, -0.1) is 0 Å². The molecule has 0 saturated carbocycles. The SMILES string of the molecule is COCCCn1c(-c2ccc(C)cc2)c(-c2ccc(C#N)c(F)c2)nc(N2CCC(N)CC2)c1=O. The summed E-state index contributed by atoms with van der Waals surface area (Å²) < 4.78 is 21.7. The number of piperidine rings is 1. The zero-order valence-corrected chi connectivity index (χ0v) is 20.1. The maximum absolute atomic E-state index is 14.7. The van der Waals surface area contributed by atoms with Gasteiger partial charge in [0.25, 0.3) is 5.56 Å². The number of nitriles is 1. The summed E-state index contributed by atoms with van der Waals surface area (Å²) in [7, 11) is 1.63. The van der Waals surface area contributed by atoms with Crippen LogP contribution >= 0.6 is 0 Å². The van der Waals surface area contributed by atoms with Gasteiger partial charge in [0.1, 0.15) is 11.9 Å². The third-order valence-corrected chi connectivity index (χ3v) is 6.41. The van der Waals surface area contributed by atoms with Crippen molar-refractivity contribution in [3.63, 3.8) is 0 Å². The maximum atomic E-state index is 14.7. The molecule has 0 spiro atoms. The Kier molecular flexibility index (Phi) is 7.59. The molecular formula is C27H30FN5O2. The predicted molar refractivity (Wildman–Crippen MR) is 135 cm³/mol. The molecule has 182 valence electrons. The summed E-state index contributed by atoms with van der Waals surface area (Å²) in [6.45, 7) is 4.18. The number of nitrogens with two attached hydrogens (primary N) is 1. The second-order valence-corrected chi connectivity index (χ2v) is 8.93. The molecule has 1 aromatic heterocycles. The first-order valence-electron chi connectivity index (χ1n) is 11.8. The molecule has 1 saturated heterocycles. The molecule has 7 nitrogen and oxygen atoms in total. The number of benzene rings is 2. The van der Waals surface area contributed by atoms with Crippen LogP contribution in [0.4, 0.5) is 10.2 Å². The molecule has 0 amide bonds. The van der Waals surface area contributed by atoms with Crippen LogP contribution in [0.25, 0.3) is 22.5 Å². The number of halogens is 1. The molecule has 3 aromatic rings. The fourth-order valence-electron chi connectivity index (χ4n) is 4.41. The van der Waals surface area contributed by atoms with Crippen LogP contribution in [0.1, 0.15) is 30.4 Å². The summed E-state index contributed by atoms with van der Waals surface area (Å²) in [5.74, 6) is -0.283. The van der Waals surface area contributed by atoms with Crippen molar-refractivity contribution in [1.29, 1.82) is 5.26 Å². The van der Waals surface area contributed by atoms with E-state index in [1.54, 1.807) is 17.7 Å². The lowest BCUT2D eigenvalue weighted by Gasteiger charge is -2.31. The zero-order chi connectivity index (χ0) is 24.9. The minimum absolute atomic E-state index is 0.0377.